The molecule has 0 aromatic heterocycles. The van der Waals surface area contributed by atoms with E-state index in [-0.39, 0.29) is 0 Å². The van der Waals surface area contributed by atoms with E-state index in [1.807, 2.05) is 0 Å². The van der Waals surface area contributed by atoms with E-state index in [2.05, 4.69) is 48.5 Å². The van der Waals surface area contributed by atoms with Crippen LogP contribution >= 0.6 is 0 Å². The van der Waals surface area contributed by atoms with E-state index >= 15 is 0 Å². The molecule has 104 valence electrons. The molecule has 2 bridgehead atoms. The Morgan fingerprint density at radius 2 is 1.74 bits per heavy atom. The predicted molar refractivity (Wildman–Crippen MR) is 81.7 cm³/mol. The molecule has 2 aliphatic heterocycles. The van der Waals surface area contributed by atoms with Gasteiger partial charge in [0.2, 0.25) is 0 Å². The maximum absolute atomic E-state index is 3.74. The van der Waals surface area contributed by atoms with Crippen LogP contribution in [0.15, 0.2) is 24.3 Å². The van der Waals surface area contributed by atoms with Crippen LogP contribution in [-0.4, -0.2) is 30.1 Å². The van der Waals surface area contributed by atoms with E-state index in [1.54, 1.807) is 0 Å². The van der Waals surface area contributed by atoms with Crippen LogP contribution in [0.3, 0.4) is 0 Å². The normalized spacial score (nSPS) is 30.5. The van der Waals surface area contributed by atoms with Crippen LogP contribution < -0.4 is 5.32 Å². The van der Waals surface area contributed by atoms with Crippen molar-refractivity contribution in [3.8, 4) is 0 Å². The van der Waals surface area contributed by atoms with Crippen molar-refractivity contribution in [1.82, 2.24) is 4.90 Å². The Morgan fingerprint density at radius 1 is 1.11 bits per heavy atom. The Labute approximate surface area is 117 Å². The van der Waals surface area contributed by atoms with E-state index in [4.69, 9.17) is 0 Å². The van der Waals surface area contributed by atoms with Crippen LogP contribution in [0.4, 0.5) is 5.69 Å². The van der Waals surface area contributed by atoms with E-state index in [0.29, 0.717) is 6.04 Å². The van der Waals surface area contributed by atoms with Crippen LogP contribution in [0, 0.1) is 0 Å². The van der Waals surface area contributed by atoms with Gasteiger partial charge < -0.3 is 10.2 Å². The summed E-state index contributed by atoms with van der Waals surface area (Å²) in [6, 6.07) is 11.4. The standard InChI is InChI=1S/C17H26N2/c1-3-4-13-5-7-14(8-6-13)18-15-11-16-9-10-17(12-15)19(16)2/h5-8,15-18H,3-4,9-12H2,1-2H3. The van der Waals surface area contributed by atoms with Gasteiger partial charge in [0.05, 0.1) is 0 Å². The molecule has 0 aliphatic carbocycles. The van der Waals surface area contributed by atoms with E-state index < -0.39 is 0 Å². The van der Waals surface area contributed by atoms with Crippen LogP contribution in [0.25, 0.3) is 0 Å². The number of nitrogens with zero attached hydrogens (tertiary/aromatic N) is 1. The largest absolute Gasteiger partial charge is 0.382 e. The molecule has 2 heterocycles. The summed E-state index contributed by atoms with van der Waals surface area (Å²) in [6.45, 7) is 2.24. The minimum Gasteiger partial charge on any atom is -0.382 e. The average Bonchev–Trinajstić information content (AvgIpc) is 2.64. The van der Waals surface area contributed by atoms with Crippen LogP contribution in [0.1, 0.15) is 44.6 Å². The number of nitrogens with one attached hydrogen (secondary N) is 1. The molecule has 2 unspecified atom stereocenters. The maximum Gasteiger partial charge on any atom is 0.0342 e. The Hall–Kier alpha value is -1.02. The van der Waals surface area contributed by atoms with Gasteiger partial charge in [0.25, 0.3) is 0 Å². The third-order valence-electron chi connectivity index (χ3n) is 4.96. The second-order valence-corrected chi connectivity index (χ2v) is 6.31. The van der Waals surface area contributed by atoms with E-state index in [1.165, 1.54) is 49.8 Å². The summed E-state index contributed by atoms with van der Waals surface area (Å²) in [5.74, 6) is 0. The van der Waals surface area contributed by atoms with Crippen molar-refractivity contribution in [1.29, 1.82) is 0 Å². The fraction of sp³-hybridized carbons (Fsp3) is 0.647. The van der Waals surface area contributed by atoms with Gasteiger partial charge in [-0.15, -0.1) is 0 Å². The lowest BCUT2D eigenvalue weighted by Gasteiger charge is -2.37. The Bertz CT molecular complexity index is 398. The van der Waals surface area contributed by atoms with Gasteiger partial charge in [-0.2, -0.15) is 0 Å². The molecule has 2 nitrogen and oxygen atoms in total. The zero-order chi connectivity index (χ0) is 13.2. The number of hydrogen-bond donors (Lipinski definition) is 1. The second-order valence-electron chi connectivity index (χ2n) is 6.31. The van der Waals surface area contributed by atoms with Gasteiger partial charge in [0, 0.05) is 23.8 Å². The number of hydrogen-bond acceptors (Lipinski definition) is 2. The maximum atomic E-state index is 3.74. The topological polar surface area (TPSA) is 15.3 Å². The van der Waals surface area contributed by atoms with Crippen molar-refractivity contribution < 1.29 is 0 Å². The summed E-state index contributed by atoms with van der Waals surface area (Å²) < 4.78 is 0. The minimum atomic E-state index is 0.672. The Morgan fingerprint density at radius 3 is 2.32 bits per heavy atom. The van der Waals surface area contributed by atoms with Crippen molar-refractivity contribution in [3.63, 3.8) is 0 Å². The first kappa shape index (κ1) is 13.0. The fourth-order valence-corrected chi connectivity index (χ4v) is 3.82. The molecule has 0 radical (unpaired) electrons. The Balaban J connectivity index is 1.59. The molecular weight excluding hydrogens is 232 g/mol. The lowest BCUT2D eigenvalue weighted by molar-refractivity contribution is 0.169. The van der Waals surface area contributed by atoms with E-state index in [0.717, 1.165) is 12.1 Å². The highest BCUT2D eigenvalue weighted by molar-refractivity contribution is 5.45. The lowest BCUT2D eigenvalue weighted by atomic mass is 9.97. The first-order valence-corrected chi connectivity index (χ1v) is 7.83. The molecule has 0 amide bonds. The zero-order valence-corrected chi connectivity index (χ0v) is 12.2. The number of anilines is 1. The molecule has 2 atom stereocenters. The van der Waals surface area contributed by atoms with E-state index in [9.17, 15) is 0 Å². The monoisotopic (exact) mass is 258 g/mol. The van der Waals surface area contributed by atoms with Gasteiger partial charge in [-0.1, -0.05) is 25.5 Å². The van der Waals surface area contributed by atoms with Gasteiger partial charge >= 0.3 is 0 Å². The summed E-state index contributed by atoms with van der Waals surface area (Å²) in [5, 5.41) is 3.74. The van der Waals surface area contributed by atoms with Crippen LogP contribution in [0.2, 0.25) is 0 Å². The highest BCUT2D eigenvalue weighted by Crippen LogP contribution is 2.35. The number of fused-ring (bicyclic) bond motifs is 2. The number of piperidine rings is 1. The first-order chi connectivity index (χ1) is 9.26. The van der Waals surface area contributed by atoms with Crippen molar-refractivity contribution in [2.75, 3.05) is 12.4 Å². The average molecular weight is 258 g/mol. The molecule has 19 heavy (non-hydrogen) atoms. The van der Waals surface area contributed by atoms with Crippen molar-refractivity contribution >= 4 is 5.69 Å². The summed E-state index contributed by atoms with van der Waals surface area (Å²) in [5.41, 5.74) is 2.75. The molecule has 1 aromatic carbocycles. The third-order valence-corrected chi connectivity index (χ3v) is 4.96. The molecule has 1 N–H and O–H groups in total. The minimum absolute atomic E-state index is 0.672. The predicted octanol–water partition coefficient (Wildman–Crippen LogP) is 3.68. The molecule has 0 spiro atoms. The molecular formula is C17H26N2. The van der Waals surface area contributed by atoms with Crippen molar-refractivity contribution in [2.45, 2.75) is 63.6 Å². The molecule has 1 aromatic rings. The van der Waals surface area contributed by atoms with Gasteiger partial charge in [-0.05, 0) is 56.8 Å². The molecule has 2 fully saturated rings. The smallest absolute Gasteiger partial charge is 0.0342 e. The SMILES string of the molecule is CCCc1ccc(NC2CC3CCC(C2)N3C)cc1. The second kappa shape index (κ2) is 5.54. The van der Waals surface area contributed by atoms with Gasteiger partial charge in [-0.25, -0.2) is 0 Å². The Kier molecular flexibility index (Phi) is 3.79. The quantitative estimate of drug-likeness (QED) is 0.886. The molecule has 2 heteroatoms. The van der Waals surface area contributed by atoms with Gasteiger partial charge in [0.15, 0.2) is 0 Å². The first-order valence-electron chi connectivity index (χ1n) is 7.83. The zero-order valence-electron chi connectivity index (χ0n) is 12.2. The molecule has 3 rings (SSSR count). The molecule has 2 saturated heterocycles. The highest BCUT2D eigenvalue weighted by atomic mass is 15.2. The summed E-state index contributed by atoms with van der Waals surface area (Å²) >= 11 is 0. The molecule has 0 saturated carbocycles. The summed E-state index contributed by atoms with van der Waals surface area (Å²) in [7, 11) is 2.30. The number of benzene rings is 1. The van der Waals surface area contributed by atoms with Crippen molar-refractivity contribution in [2.24, 2.45) is 0 Å². The number of rotatable bonds is 4. The fourth-order valence-electron chi connectivity index (χ4n) is 3.82. The van der Waals surface area contributed by atoms with Gasteiger partial charge in [-0.3, -0.25) is 0 Å². The highest BCUT2D eigenvalue weighted by Gasteiger charge is 2.38. The number of aryl methyl sites for hydroxylation is 1. The van der Waals surface area contributed by atoms with Crippen LogP contribution in [0.5, 0.6) is 0 Å². The third kappa shape index (κ3) is 2.79. The summed E-state index contributed by atoms with van der Waals surface area (Å²) in [6.07, 6.45) is 7.83. The van der Waals surface area contributed by atoms with Crippen LogP contribution in [-0.2, 0) is 6.42 Å². The lowest BCUT2D eigenvalue weighted by Crippen LogP contribution is -2.44. The van der Waals surface area contributed by atoms with Gasteiger partial charge in [0.1, 0.15) is 0 Å². The molecule has 2 aliphatic rings. The van der Waals surface area contributed by atoms with Crippen molar-refractivity contribution in [3.05, 3.63) is 29.8 Å². The summed E-state index contributed by atoms with van der Waals surface area (Å²) in [4.78, 5) is 2.60.